The zero-order chi connectivity index (χ0) is 15.4. The van der Waals surface area contributed by atoms with Crippen LogP contribution in [0.1, 0.15) is 17.2 Å². The van der Waals surface area contributed by atoms with Gasteiger partial charge in [-0.2, -0.15) is 0 Å². The van der Waals surface area contributed by atoms with Crippen molar-refractivity contribution in [1.82, 2.24) is 5.43 Å². The van der Waals surface area contributed by atoms with Crippen LogP contribution >= 0.6 is 15.9 Å². The molecule has 0 aliphatic rings. The van der Waals surface area contributed by atoms with Crippen molar-refractivity contribution in [3.8, 4) is 5.75 Å². The number of hydrogen-bond acceptors (Lipinski definition) is 3. The van der Waals surface area contributed by atoms with Crippen LogP contribution < -0.4 is 16.0 Å². The molecular formula is C15H15BrF2N2O. The molecule has 3 nitrogen and oxygen atoms in total. The maximum atomic E-state index is 13.8. The molecule has 0 heterocycles. The summed E-state index contributed by atoms with van der Waals surface area (Å²) >= 11 is 3.43. The summed E-state index contributed by atoms with van der Waals surface area (Å²) in [7, 11) is 1.56. The Hall–Kier alpha value is -1.50. The van der Waals surface area contributed by atoms with Crippen LogP contribution in [0.25, 0.3) is 0 Å². The lowest BCUT2D eigenvalue weighted by atomic mass is 9.98. The van der Waals surface area contributed by atoms with E-state index in [4.69, 9.17) is 10.6 Å². The second kappa shape index (κ2) is 6.98. The Balaban J connectivity index is 2.34. The third-order valence-corrected chi connectivity index (χ3v) is 3.93. The van der Waals surface area contributed by atoms with E-state index in [1.165, 1.54) is 6.07 Å². The fraction of sp³-hybridized carbons (Fsp3) is 0.200. The molecule has 2 rings (SSSR count). The van der Waals surface area contributed by atoms with Crippen LogP contribution in [0.2, 0.25) is 0 Å². The predicted molar refractivity (Wildman–Crippen MR) is 80.8 cm³/mol. The van der Waals surface area contributed by atoms with Crippen molar-refractivity contribution >= 4 is 15.9 Å². The molecule has 2 aromatic rings. The van der Waals surface area contributed by atoms with Gasteiger partial charge in [-0.25, -0.2) is 8.78 Å². The molecule has 0 bridgehead atoms. The number of rotatable bonds is 5. The molecule has 112 valence electrons. The van der Waals surface area contributed by atoms with E-state index in [1.54, 1.807) is 19.2 Å². The highest BCUT2D eigenvalue weighted by Crippen LogP contribution is 2.30. The Labute approximate surface area is 130 Å². The van der Waals surface area contributed by atoms with Gasteiger partial charge in [0.15, 0.2) is 0 Å². The molecule has 21 heavy (non-hydrogen) atoms. The van der Waals surface area contributed by atoms with Crippen LogP contribution in [0.3, 0.4) is 0 Å². The maximum Gasteiger partial charge on any atom is 0.126 e. The topological polar surface area (TPSA) is 47.3 Å². The van der Waals surface area contributed by atoms with Crippen molar-refractivity contribution in [3.05, 3.63) is 63.6 Å². The first-order valence-corrected chi connectivity index (χ1v) is 7.08. The molecule has 2 aromatic carbocycles. The maximum absolute atomic E-state index is 13.8. The van der Waals surface area contributed by atoms with Crippen molar-refractivity contribution in [2.75, 3.05) is 7.11 Å². The number of ether oxygens (including phenoxy) is 1. The number of nitrogens with one attached hydrogen (secondary N) is 1. The minimum atomic E-state index is -0.480. The van der Waals surface area contributed by atoms with Gasteiger partial charge in [0.05, 0.1) is 13.2 Å². The lowest BCUT2D eigenvalue weighted by Crippen LogP contribution is -2.30. The molecule has 0 saturated heterocycles. The third-order valence-electron chi connectivity index (χ3n) is 3.21. The Morgan fingerprint density at radius 1 is 1.24 bits per heavy atom. The van der Waals surface area contributed by atoms with Crippen LogP contribution in [-0.2, 0) is 6.42 Å². The SMILES string of the molecule is COc1ccc(Br)c(C(Cc2cc(F)ccc2F)NN)c1. The highest BCUT2D eigenvalue weighted by atomic mass is 79.9. The normalized spacial score (nSPS) is 12.2. The first-order valence-electron chi connectivity index (χ1n) is 6.28. The summed E-state index contributed by atoms with van der Waals surface area (Å²) in [5, 5.41) is 0. The highest BCUT2D eigenvalue weighted by Gasteiger charge is 2.17. The van der Waals surface area contributed by atoms with Gasteiger partial charge in [0, 0.05) is 4.47 Å². The molecule has 1 unspecified atom stereocenters. The van der Waals surface area contributed by atoms with Crippen LogP contribution in [-0.4, -0.2) is 7.11 Å². The molecule has 1 atom stereocenters. The van der Waals surface area contributed by atoms with E-state index in [0.29, 0.717) is 5.75 Å². The van der Waals surface area contributed by atoms with Crippen molar-refractivity contribution in [1.29, 1.82) is 0 Å². The molecule has 0 aliphatic carbocycles. The molecule has 0 radical (unpaired) electrons. The summed E-state index contributed by atoms with van der Waals surface area (Å²) in [4.78, 5) is 0. The van der Waals surface area contributed by atoms with Crippen LogP contribution in [0.15, 0.2) is 40.9 Å². The van der Waals surface area contributed by atoms with Gasteiger partial charge in [0.1, 0.15) is 17.4 Å². The van der Waals surface area contributed by atoms with Gasteiger partial charge in [-0.05, 0) is 53.9 Å². The van der Waals surface area contributed by atoms with E-state index < -0.39 is 11.6 Å². The highest BCUT2D eigenvalue weighted by molar-refractivity contribution is 9.10. The van der Waals surface area contributed by atoms with E-state index in [2.05, 4.69) is 21.4 Å². The standard InChI is InChI=1S/C15H15BrF2N2O/c1-21-11-3-4-13(16)12(8-11)15(20-19)7-9-6-10(17)2-5-14(9)18/h2-6,8,15,20H,7,19H2,1H3. The van der Waals surface area contributed by atoms with Crippen LogP contribution in [0.4, 0.5) is 8.78 Å². The quantitative estimate of drug-likeness (QED) is 0.636. The van der Waals surface area contributed by atoms with E-state index in [1.807, 2.05) is 6.07 Å². The van der Waals surface area contributed by atoms with E-state index >= 15 is 0 Å². The number of nitrogens with two attached hydrogens (primary N) is 1. The molecular weight excluding hydrogens is 342 g/mol. The average molecular weight is 357 g/mol. The monoisotopic (exact) mass is 356 g/mol. The Morgan fingerprint density at radius 2 is 2.00 bits per heavy atom. The Morgan fingerprint density at radius 3 is 2.67 bits per heavy atom. The Bertz CT molecular complexity index is 637. The summed E-state index contributed by atoms with van der Waals surface area (Å²) in [5.74, 6) is 5.29. The van der Waals surface area contributed by atoms with E-state index in [9.17, 15) is 8.78 Å². The lowest BCUT2D eigenvalue weighted by Gasteiger charge is -2.19. The van der Waals surface area contributed by atoms with Crippen molar-refractivity contribution in [2.45, 2.75) is 12.5 Å². The molecule has 0 amide bonds. The summed E-state index contributed by atoms with van der Waals surface area (Å²) in [6.45, 7) is 0. The van der Waals surface area contributed by atoms with Gasteiger partial charge in [-0.3, -0.25) is 11.3 Å². The third kappa shape index (κ3) is 3.78. The van der Waals surface area contributed by atoms with Crippen molar-refractivity contribution in [2.24, 2.45) is 5.84 Å². The summed E-state index contributed by atoms with van der Waals surface area (Å²) in [5.41, 5.74) is 3.69. The predicted octanol–water partition coefficient (Wildman–Crippen LogP) is 3.48. The van der Waals surface area contributed by atoms with Gasteiger partial charge < -0.3 is 4.74 Å². The fourth-order valence-corrected chi connectivity index (χ4v) is 2.62. The number of hydrogen-bond donors (Lipinski definition) is 2. The smallest absolute Gasteiger partial charge is 0.126 e. The largest absolute Gasteiger partial charge is 0.497 e. The summed E-state index contributed by atoms with van der Waals surface area (Å²) in [6.07, 6.45) is 0.214. The zero-order valence-corrected chi connectivity index (χ0v) is 13.0. The number of hydrazine groups is 1. The fourth-order valence-electron chi connectivity index (χ4n) is 2.09. The van der Waals surface area contributed by atoms with Crippen molar-refractivity contribution in [3.63, 3.8) is 0 Å². The van der Waals surface area contributed by atoms with Crippen molar-refractivity contribution < 1.29 is 13.5 Å². The zero-order valence-electron chi connectivity index (χ0n) is 11.4. The first kappa shape index (κ1) is 15.9. The number of methoxy groups -OCH3 is 1. The Kier molecular flexibility index (Phi) is 5.27. The second-order valence-electron chi connectivity index (χ2n) is 4.55. The number of benzene rings is 2. The van der Waals surface area contributed by atoms with Crippen LogP contribution in [0.5, 0.6) is 5.75 Å². The average Bonchev–Trinajstić information content (AvgIpc) is 2.49. The van der Waals surface area contributed by atoms with Gasteiger partial charge >= 0.3 is 0 Å². The minimum absolute atomic E-state index is 0.214. The summed E-state index contributed by atoms with van der Waals surface area (Å²) in [6, 6.07) is 8.40. The molecule has 0 spiro atoms. The lowest BCUT2D eigenvalue weighted by molar-refractivity contribution is 0.412. The molecule has 0 saturated carbocycles. The second-order valence-corrected chi connectivity index (χ2v) is 5.40. The van der Waals surface area contributed by atoms with E-state index in [-0.39, 0.29) is 18.0 Å². The number of halogens is 3. The van der Waals surface area contributed by atoms with Gasteiger partial charge in [0.25, 0.3) is 0 Å². The van der Waals surface area contributed by atoms with Gasteiger partial charge in [0.2, 0.25) is 0 Å². The summed E-state index contributed by atoms with van der Waals surface area (Å²) < 4.78 is 33.0. The molecule has 3 N–H and O–H groups in total. The van der Waals surface area contributed by atoms with Gasteiger partial charge in [-0.1, -0.05) is 15.9 Å². The van der Waals surface area contributed by atoms with E-state index in [0.717, 1.165) is 22.2 Å². The minimum Gasteiger partial charge on any atom is -0.497 e. The van der Waals surface area contributed by atoms with Crippen LogP contribution in [0, 0.1) is 11.6 Å². The molecule has 0 fully saturated rings. The molecule has 0 aromatic heterocycles. The molecule has 0 aliphatic heterocycles. The van der Waals surface area contributed by atoms with Gasteiger partial charge in [-0.15, -0.1) is 0 Å². The first-order chi connectivity index (χ1) is 10.0. The molecule has 6 heteroatoms.